The fourth-order valence-corrected chi connectivity index (χ4v) is 10.2. The van der Waals surface area contributed by atoms with Crippen molar-refractivity contribution >= 4 is 60.7 Å². The summed E-state index contributed by atoms with van der Waals surface area (Å²) < 4.78 is 42.9. The number of rotatable bonds is 4. The maximum Gasteiger partial charge on any atom is 0.416 e. The van der Waals surface area contributed by atoms with Gasteiger partial charge in [-0.2, -0.15) is 13.2 Å². The summed E-state index contributed by atoms with van der Waals surface area (Å²) in [5, 5.41) is 6.95. The van der Waals surface area contributed by atoms with Gasteiger partial charge in [0, 0.05) is 21.7 Å². The number of para-hydroxylation sites is 1. The van der Waals surface area contributed by atoms with Gasteiger partial charge < -0.3 is 4.57 Å². The molecule has 2 unspecified atom stereocenters. The highest BCUT2D eigenvalue weighted by molar-refractivity contribution is 8.04. The van der Waals surface area contributed by atoms with Crippen molar-refractivity contribution in [1.82, 2.24) is 4.57 Å². The number of hydrogen-bond donors (Lipinski definition) is 0. The fraction of sp³-hybridized carbons (Fsp3) is 0.115. The lowest BCUT2D eigenvalue weighted by molar-refractivity contribution is -0.137. The van der Waals surface area contributed by atoms with E-state index in [-0.39, 0.29) is 0 Å². The van der Waals surface area contributed by atoms with Gasteiger partial charge in [-0.05, 0) is 128 Å². The molecule has 1 aliphatic carbocycles. The lowest BCUT2D eigenvalue weighted by Gasteiger charge is -2.25. The van der Waals surface area contributed by atoms with Crippen LogP contribution in [0.4, 0.5) is 13.2 Å². The van der Waals surface area contributed by atoms with Crippen LogP contribution in [0.5, 0.6) is 0 Å². The predicted octanol–water partition coefficient (Wildman–Crippen LogP) is 15.4. The first kappa shape index (κ1) is 35.4. The average molecular weight is 766 g/mol. The normalized spacial score (nSPS) is 18.5. The van der Waals surface area contributed by atoms with Crippen LogP contribution >= 0.6 is 11.8 Å². The minimum atomic E-state index is -4.39. The van der Waals surface area contributed by atoms with Crippen molar-refractivity contribution in [3.63, 3.8) is 0 Å². The molecule has 0 saturated carbocycles. The highest BCUT2D eigenvalue weighted by Gasteiger charge is 2.30. The molecule has 1 nitrogen and oxygen atoms in total. The van der Waals surface area contributed by atoms with E-state index in [1.165, 1.54) is 38.9 Å². The van der Waals surface area contributed by atoms with Crippen molar-refractivity contribution in [2.45, 2.75) is 31.2 Å². The first-order valence-electron chi connectivity index (χ1n) is 19.5. The monoisotopic (exact) mass is 765 g/mol. The smallest absolute Gasteiger partial charge is 0.309 e. The van der Waals surface area contributed by atoms with Gasteiger partial charge in [-0.1, -0.05) is 134 Å². The predicted molar refractivity (Wildman–Crippen MR) is 236 cm³/mol. The molecule has 0 radical (unpaired) electrons. The molecule has 8 aromatic rings. The second-order valence-electron chi connectivity index (χ2n) is 15.0. The lowest BCUT2D eigenvalue weighted by Crippen LogP contribution is -2.08. The van der Waals surface area contributed by atoms with Crippen LogP contribution < -0.4 is 0 Å². The van der Waals surface area contributed by atoms with Gasteiger partial charge in [0.2, 0.25) is 0 Å². The highest BCUT2D eigenvalue weighted by Crippen LogP contribution is 2.46. The maximum atomic E-state index is 13.5. The molecule has 2 aliphatic rings. The molecule has 1 aromatic heterocycles. The van der Waals surface area contributed by atoms with Crippen LogP contribution in [-0.4, -0.2) is 9.82 Å². The number of nitrogens with zero attached hydrogens (tertiary/aromatic N) is 1. The van der Waals surface area contributed by atoms with Gasteiger partial charge in [0.15, 0.2) is 0 Å². The SMILES string of the molecule is CC1/C=C\C=C/CC2CC=CC(c3ccc4c(c3)c3ccccc3n4-c3ccc(-c4c5ccccc5c(-c5ccc(C(F)(F)F)cc5)c5ccccc45)cc3)=C2S1. The summed E-state index contributed by atoms with van der Waals surface area (Å²) >= 11 is 1.99. The molecule has 5 heteroatoms. The van der Waals surface area contributed by atoms with E-state index in [1.807, 2.05) is 36.0 Å². The Morgan fingerprint density at radius 3 is 1.74 bits per heavy atom. The zero-order valence-corrected chi connectivity index (χ0v) is 32.1. The van der Waals surface area contributed by atoms with Gasteiger partial charge >= 0.3 is 6.18 Å². The van der Waals surface area contributed by atoms with E-state index in [1.54, 1.807) is 12.1 Å². The van der Waals surface area contributed by atoms with Gasteiger partial charge in [-0.3, -0.25) is 0 Å². The van der Waals surface area contributed by atoms with Gasteiger partial charge in [0.05, 0.1) is 16.6 Å². The summed E-state index contributed by atoms with van der Waals surface area (Å²) in [6, 6.07) is 46.4. The van der Waals surface area contributed by atoms with E-state index < -0.39 is 11.7 Å². The fourth-order valence-electron chi connectivity index (χ4n) is 8.91. The summed E-state index contributed by atoms with van der Waals surface area (Å²) in [4.78, 5) is 1.48. The molecule has 2 heterocycles. The quantitative estimate of drug-likeness (QED) is 0.162. The lowest BCUT2D eigenvalue weighted by atomic mass is 9.86. The number of benzene rings is 7. The van der Waals surface area contributed by atoms with E-state index in [4.69, 9.17) is 0 Å². The molecule has 1 aliphatic heterocycles. The van der Waals surface area contributed by atoms with Gasteiger partial charge in [-0.15, -0.1) is 11.8 Å². The molecule has 278 valence electrons. The second-order valence-corrected chi connectivity index (χ2v) is 16.5. The topological polar surface area (TPSA) is 4.93 Å². The summed E-state index contributed by atoms with van der Waals surface area (Å²) in [7, 11) is 0. The van der Waals surface area contributed by atoms with E-state index >= 15 is 0 Å². The Kier molecular flexibility index (Phi) is 8.79. The minimum Gasteiger partial charge on any atom is -0.309 e. The van der Waals surface area contributed by atoms with E-state index in [9.17, 15) is 13.2 Å². The zero-order valence-electron chi connectivity index (χ0n) is 31.3. The third-order valence-electron chi connectivity index (χ3n) is 11.5. The Morgan fingerprint density at radius 2 is 1.11 bits per heavy atom. The first-order valence-corrected chi connectivity index (χ1v) is 20.4. The van der Waals surface area contributed by atoms with Crippen molar-refractivity contribution < 1.29 is 13.2 Å². The number of allylic oxidation sites excluding steroid dienone is 7. The van der Waals surface area contributed by atoms with Crippen molar-refractivity contribution in [3.05, 3.63) is 192 Å². The van der Waals surface area contributed by atoms with Crippen LogP contribution in [0.2, 0.25) is 0 Å². The molecular formula is C52H38F3NS. The van der Waals surface area contributed by atoms with Crippen LogP contribution in [0.25, 0.3) is 76.9 Å². The molecule has 0 bridgehead atoms. The highest BCUT2D eigenvalue weighted by atomic mass is 32.2. The molecule has 2 atom stereocenters. The Morgan fingerprint density at radius 1 is 0.561 bits per heavy atom. The zero-order chi connectivity index (χ0) is 38.7. The Bertz CT molecular complexity index is 2920. The van der Waals surface area contributed by atoms with Crippen LogP contribution in [0.15, 0.2) is 181 Å². The number of aromatic nitrogens is 1. The summed E-state index contributed by atoms with van der Waals surface area (Å²) in [5.41, 5.74) is 9.19. The molecular weight excluding hydrogens is 728 g/mol. The van der Waals surface area contributed by atoms with E-state index in [0.29, 0.717) is 11.2 Å². The Labute approximate surface area is 334 Å². The largest absolute Gasteiger partial charge is 0.416 e. The number of thioether (sulfide) groups is 1. The number of halogens is 3. The van der Waals surface area contributed by atoms with Gasteiger partial charge in [-0.25, -0.2) is 0 Å². The second kappa shape index (κ2) is 14.2. The summed E-state index contributed by atoms with van der Waals surface area (Å²) in [6.45, 7) is 2.28. The molecule has 7 aromatic carbocycles. The molecule has 0 fully saturated rings. The van der Waals surface area contributed by atoms with Crippen LogP contribution in [0.3, 0.4) is 0 Å². The summed E-state index contributed by atoms with van der Waals surface area (Å²) in [5.74, 6) is 0.486. The van der Waals surface area contributed by atoms with Crippen molar-refractivity contribution in [1.29, 1.82) is 0 Å². The standard InChI is InChI=1S/C52H38F3NS/c1-33-12-3-2-4-13-36-14-11-20-40(51(36)57-33)37-26-31-48-46(32-37)41-15-9-10-21-47(41)56(48)39-29-24-35(25-30-39)50-44-18-7-5-16-42(44)49(43-17-6-8-19-45(43)50)34-22-27-38(28-23-34)52(53,54)55/h2-12,15-33,36H,13-14H2,1H3/b4-2-,12-3-. The molecule has 0 amide bonds. The van der Waals surface area contributed by atoms with Crippen molar-refractivity contribution in [2.24, 2.45) is 5.92 Å². The third kappa shape index (κ3) is 6.22. The number of fused-ring (bicyclic) bond motifs is 6. The minimum absolute atomic E-state index is 0.397. The van der Waals surface area contributed by atoms with Crippen LogP contribution in [-0.2, 0) is 6.18 Å². The molecule has 10 rings (SSSR count). The van der Waals surface area contributed by atoms with Crippen LogP contribution in [0, 0.1) is 5.92 Å². The van der Waals surface area contributed by atoms with Gasteiger partial charge in [0.25, 0.3) is 0 Å². The van der Waals surface area contributed by atoms with Gasteiger partial charge in [0.1, 0.15) is 0 Å². The van der Waals surface area contributed by atoms with Crippen LogP contribution in [0.1, 0.15) is 30.9 Å². The Hall–Kier alpha value is -6.04. The third-order valence-corrected chi connectivity index (χ3v) is 12.9. The van der Waals surface area contributed by atoms with Crippen molar-refractivity contribution in [3.8, 4) is 27.9 Å². The molecule has 0 saturated heterocycles. The average Bonchev–Trinajstić information content (AvgIpc) is 3.60. The molecule has 57 heavy (non-hydrogen) atoms. The Balaban J connectivity index is 1.09. The van der Waals surface area contributed by atoms with E-state index in [2.05, 4.69) is 139 Å². The summed E-state index contributed by atoms with van der Waals surface area (Å²) in [6.07, 6.45) is 11.4. The first-order chi connectivity index (χ1) is 27.8. The molecule has 0 spiro atoms. The van der Waals surface area contributed by atoms with Crippen molar-refractivity contribution in [2.75, 3.05) is 0 Å². The maximum absolute atomic E-state index is 13.5. The number of hydrogen-bond acceptors (Lipinski definition) is 1. The van der Waals surface area contributed by atoms with E-state index in [0.717, 1.165) is 73.4 Å². The molecule has 0 N–H and O–H groups in total. The number of alkyl halides is 3.